The van der Waals surface area contributed by atoms with Crippen LogP contribution in [0.5, 0.6) is 11.5 Å². The first-order valence-corrected chi connectivity index (χ1v) is 8.19. The van der Waals surface area contributed by atoms with Gasteiger partial charge in [-0.25, -0.2) is 16.7 Å². The van der Waals surface area contributed by atoms with E-state index in [1.165, 1.54) is 0 Å². The van der Waals surface area contributed by atoms with E-state index >= 15 is 0 Å². The SMILES string of the molecule is NNC(=O)C1CC(c2ccccc2OCCOc2ccccc2)NN1. The fraction of sp³-hybridized carbons (Fsp3) is 0.278. The van der Waals surface area contributed by atoms with E-state index in [1.54, 1.807) is 0 Å². The molecular formula is C18H22N4O3. The first-order valence-electron chi connectivity index (χ1n) is 8.19. The summed E-state index contributed by atoms with van der Waals surface area (Å²) >= 11 is 0. The molecule has 0 spiro atoms. The topological polar surface area (TPSA) is 97.6 Å². The summed E-state index contributed by atoms with van der Waals surface area (Å²) in [6.07, 6.45) is 0.587. The number of carbonyl (C=O) groups excluding carboxylic acids is 1. The van der Waals surface area contributed by atoms with E-state index in [9.17, 15) is 4.79 Å². The molecule has 0 bridgehead atoms. The lowest BCUT2D eigenvalue weighted by Crippen LogP contribution is -2.45. The van der Waals surface area contributed by atoms with Gasteiger partial charge >= 0.3 is 0 Å². The Labute approximate surface area is 146 Å². The number of nitrogens with two attached hydrogens (primary N) is 1. The average molecular weight is 342 g/mol. The molecule has 2 unspecified atom stereocenters. The Hall–Kier alpha value is -2.61. The Balaban J connectivity index is 1.55. The lowest BCUT2D eigenvalue weighted by atomic mass is 10.0. The second kappa shape index (κ2) is 8.48. The lowest BCUT2D eigenvalue weighted by molar-refractivity contribution is -0.122. The van der Waals surface area contributed by atoms with Gasteiger partial charge in [0.2, 0.25) is 0 Å². The Morgan fingerprint density at radius 2 is 1.76 bits per heavy atom. The number of benzene rings is 2. The molecule has 1 amide bonds. The van der Waals surface area contributed by atoms with Crippen molar-refractivity contribution in [3.63, 3.8) is 0 Å². The Morgan fingerprint density at radius 3 is 2.56 bits per heavy atom. The minimum absolute atomic E-state index is 0.0338. The van der Waals surface area contributed by atoms with Crippen molar-refractivity contribution in [3.05, 3.63) is 60.2 Å². The number of para-hydroxylation sites is 2. The van der Waals surface area contributed by atoms with E-state index in [-0.39, 0.29) is 18.0 Å². The highest BCUT2D eigenvalue weighted by molar-refractivity contribution is 5.81. The molecule has 2 aromatic rings. The quantitative estimate of drug-likeness (QED) is 0.260. The standard InChI is InChI=1S/C18H22N4O3/c19-20-18(23)16-12-15(21-22-16)14-8-4-5-9-17(14)25-11-10-24-13-6-2-1-3-7-13/h1-9,15-16,21-22H,10-12,19H2,(H,20,23). The van der Waals surface area contributed by atoms with Gasteiger partial charge in [-0.15, -0.1) is 0 Å². The maximum absolute atomic E-state index is 11.6. The third-order valence-corrected chi connectivity index (χ3v) is 4.01. The van der Waals surface area contributed by atoms with Crippen molar-refractivity contribution < 1.29 is 14.3 Å². The summed E-state index contributed by atoms with van der Waals surface area (Å²) < 4.78 is 11.5. The third kappa shape index (κ3) is 4.48. The van der Waals surface area contributed by atoms with Crippen LogP contribution in [0.15, 0.2) is 54.6 Å². The second-order valence-electron chi connectivity index (χ2n) is 5.69. The van der Waals surface area contributed by atoms with Crippen molar-refractivity contribution >= 4 is 5.91 Å². The predicted molar refractivity (Wildman–Crippen MR) is 93.6 cm³/mol. The third-order valence-electron chi connectivity index (χ3n) is 4.01. The minimum atomic E-state index is -0.371. The minimum Gasteiger partial charge on any atom is -0.490 e. The van der Waals surface area contributed by atoms with Crippen LogP contribution in [-0.2, 0) is 4.79 Å². The number of rotatable bonds is 7. The van der Waals surface area contributed by atoms with Crippen LogP contribution in [-0.4, -0.2) is 25.2 Å². The molecule has 0 saturated carbocycles. The zero-order valence-corrected chi connectivity index (χ0v) is 13.8. The van der Waals surface area contributed by atoms with Gasteiger partial charge in [0.1, 0.15) is 30.8 Å². The average Bonchev–Trinajstić information content (AvgIpc) is 3.16. The number of hydrogen-bond acceptors (Lipinski definition) is 6. The molecular weight excluding hydrogens is 320 g/mol. The van der Waals surface area contributed by atoms with Gasteiger partial charge in [0.05, 0.1) is 6.04 Å². The summed E-state index contributed by atoms with van der Waals surface area (Å²) in [4.78, 5) is 11.6. The number of hydrazine groups is 2. The second-order valence-corrected chi connectivity index (χ2v) is 5.69. The van der Waals surface area contributed by atoms with Crippen LogP contribution in [0, 0.1) is 0 Å². The van der Waals surface area contributed by atoms with Crippen LogP contribution in [0.3, 0.4) is 0 Å². The van der Waals surface area contributed by atoms with Crippen LogP contribution in [0.1, 0.15) is 18.0 Å². The van der Waals surface area contributed by atoms with Gasteiger partial charge in [-0.05, 0) is 24.6 Å². The van der Waals surface area contributed by atoms with Crippen LogP contribution < -0.4 is 31.6 Å². The van der Waals surface area contributed by atoms with E-state index in [2.05, 4.69) is 16.3 Å². The lowest BCUT2D eigenvalue weighted by Gasteiger charge is -2.16. The maximum Gasteiger partial charge on any atom is 0.252 e. The fourth-order valence-electron chi connectivity index (χ4n) is 2.76. The molecule has 7 nitrogen and oxygen atoms in total. The van der Waals surface area contributed by atoms with Gasteiger partial charge in [0.15, 0.2) is 0 Å². The monoisotopic (exact) mass is 342 g/mol. The van der Waals surface area contributed by atoms with E-state index in [0.29, 0.717) is 19.6 Å². The van der Waals surface area contributed by atoms with E-state index in [1.807, 2.05) is 54.6 Å². The number of hydrogen-bond donors (Lipinski definition) is 4. The summed E-state index contributed by atoms with van der Waals surface area (Å²) in [6, 6.07) is 17.0. The van der Waals surface area contributed by atoms with Crippen molar-refractivity contribution in [1.29, 1.82) is 0 Å². The predicted octanol–water partition coefficient (Wildman–Crippen LogP) is 1.04. The van der Waals surface area contributed by atoms with Crippen LogP contribution >= 0.6 is 0 Å². The van der Waals surface area contributed by atoms with Crippen LogP contribution in [0.25, 0.3) is 0 Å². The molecule has 2 aromatic carbocycles. The number of nitrogens with one attached hydrogen (secondary N) is 3. The summed E-state index contributed by atoms with van der Waals surface area (Å²) in [7, 11) is 0. The van der Waals surface area contributed by atoms with Crippen LogP contribution in [0.2, 0.25) is 0 Å². The smallest absolute Gasteiger partial charge is 0.252 e. The highest BCUT2D eigenvalue weighted by Crippen LogP contribution is 2.30. The van der Waals surface area contributed by atoms with Crippen molar-refractivity contribution in [3.8, 4) is 11.5 Å². The first kappa shape index (κ1) is 17.2. The normalized spacial score (nSPS) is 19.4. The van der Waals surface area contributed by atoms with E-state index < -0.39 is 0 Å². The number of carbonyl (C=O) groups is 1. The zero-order valence-electron chi connectivity index (χ0n) is 13.8. The molecule has 1 aliphatic heterocycles. The summed E-state index contributed by atoms with van der Waals surface area (Å²) in [5.41, 5.74) is 9.22. The van der Waals surface area contributed by atoms with Gasteiger partial charge in [-0.1, -0.05) is 36.4 Å². The van der Waals surface area contributed by atoms with Crippen molar-refractivity contribution in [1.82, 2.24) is 16.3 Å². The molecule has 132 valence electrons. The molecule has 25 heavy (non-hydrogen) atoms. The molecule has 1 saturated heterocycles. The number of amides is 1. The van der Waals surface area contributed by atoms with Gasteiger partial charge in [-0.3, -0.25) is 10.2 Å². The largest absolute Gasteiger partial charge is 0.490 e. The molecule has 1 fully saturated rings. The number of ether oxygens (including phenoxy) is 2. The van der Waals surface area contributed by atoms with E-state index in [0.717, 1.165) is 17.1 Å². The van der Waals surface area contributed by atoms with Gasteiger partial charge in [-0.2, -0.15) is 0 Å². The van der Waals surface area contributed by atoms with Crippen molar-refractivity contribution in [2.75, 3.05) is 13.2 Å². The molecule has 0 aliphatic carbocycles. The Kier molecular flexibility index (Phi) is 5.84. The fourth-order valence-corrected chi connectivity index (χ4v) is 2.76. The van der Waals surface area contributed by atoms with Gasteiger partial charge < -0.3 is 9.47 Å². The van der Waals surface area contributed by atoms with E-state index in [4.69, 9.17) is 15.3 Å². The van der Waals surface area contributed by atoms with Crippen molar-refractivity contribution in [2.24, 2.45) is 5.84 Å². The highest BCUT2D eigenvalue weighted by atomic mass is 16.5. The summed E-state index contributed by atoms with van der Waals surface area (Å²) in [5.74, 6) is 6.53. The van der Waals surface area contributed by atoms with Gasteiger partial charge in [0, 0.05) is 5.56 Å². The molecule has 3 rings (SSSR count). The first-order chi connectivity index (χ1) is 12.3. The van der Waals surface area contributed by atoms with Crippen LogP contribution in [0.4, 0.5) is 0 Å². The summed E-state index contributed by atoms with van der Waals surface area (Å²) in [5, 5.41) is 0. The Morgan fingerprint density at radius 1 is 1.04 bits per heavy atom. The molecule has 2 atom stereocenters. The molecule has 1 aliphatic rings. The van der Waals surface area contributed by atoms with Gasteiger partial charge in [0.25, 0.3) is 5.91 Å². The molecule has 7 heteroatoms. The maximum atomic E-state index is 11.6. The highest BCUT2D eigenvalue weighted by Gasteiger charge is 2.31. The zero-order chi connectivity index (χ0) is 17.5. The summed E-state index contributed by atoms with van der Waals surface area (Å²) in [6.45, 7) is 0.881. The Bertz CT molecular complexity index is 696. The molecule has 0 radical (unpaired) electrons. The van der Waals surface area contributed by atoms with Crippen molar-refractivity contribution in [2.45, 2.75) is 18.5 Å². The molecule has 0 aromatic heterocycles. The molecule has 1 heterocycles. The molecule has 5 N–H and O–H groups in total.